The number of sulfonamides is 1. The van der Waals surface area contributed by atoms with E-state index in [4.69, 9.17) is 9.47 Å². The van der Waals surface area contributed by atoms with E-state index in [1.54, 1.807) is 6.07 Å². The fourth-order valence-corrected chi connectivity index (χ4v) is 4.06. The topological polar surface area (TPSA) is 93.2 Å². The molecule has 0 aliphatic carbocycles. The third kappa shape index (κ3) is 7.50. The molecule has 0 saturated carbocycles. The van der Waals surface area contributed by atoms with E-state index < -0.39 is 40.1 Å². The summed E-state index contributed by atoms with van der Waals surface area (Å²) in [6.07, 6.45) is 0.0783. The molecule has 1 amide bonds. The van der Waals surface area contributed by atoms with Crippen LogP contribution < -0.4 is 4.74 Å². The van der Waals surface area contributed by atoms with Gasteiger partial charge in [0, 0.05) is 33.6 Å². The van der Waals surface area contributed by atoms with E-state index in [-0.39, 0.29) is 36.6 Å². The Morgan fingerprint density at radius 3 is 2.30 bits per heavy atom. The second kappa shape index (κ2) is 11.7. The maximum Gasteiger partial charge on any atom is 0.306 e. The fourth-order valence-electron chi connectivity index (χ4n) is 2.85. The van der Waals surface area contributed by atoms with Crippen LogP contribution in [-0.4, -0.2) is 63.9 Å². The maximum absolute atomic E-state index is 13.8. The predicted molar refractivity (Wildman–Crippen MR) is 116 cm³/mol. The molecule has 0 heterocycles. The molecule has 0 saturated heterocycles. The Labute approximate surface area is 191 Å². The number of carbonyl (C=O) groups excluding carboxylic acids is 2. The van der Waals surface area contributed by atoms with Crippen molar-refractivity contribution >= 4 is 21.9 Å². The molecular weight excluding hydrogens is 458 g/mol. The van der Waals surface area contributed by atoms with Crippen molar-refractivity contribution in [1.82, 2.24) is 9.21 Å². The van der Waals surface area contributed by atoms with E-state index in [1.165, 1.54) is 38.2 Å². The van der Waals surface area contributed by atoms with Gasteiger partial charge in [0.15, 0.2) is 18.2 Å². The normalized spacial score (nSPS) is 11.3. The quantitative estimate of drug-likeness (QED) is 0.455. The lowest BCUT2D eigenvalue weighted by Crippen LogP contribution is -2.31. The van der Waals surface area contributed by atoms with Crippen molar-refractivity contribution < 1.29 is 36.3 Å². The highest BCUT2D eigenvalue weighted by Crippen LogP contribution is 2.18. The van der Waals surface area contributed by atoms with Gasteiger partial charge in [0.2, 0.25) is 10.0 Å². The van der Waals surface area contributed by atoms with Crippen molar-refractivity contribution in [2.24, 2.45) is 0 Å². The third-order valence-corrected chi connectivity index (χ3v) is 6.67. The monoisotopic (exact) mass is 484 g/mol. The third-order valence-electron chi connectivity index (χ3n) is 4.79. The van der Waals surface area contributed by atoms with Gasteiger partial charge in [-0.3, -0.25) is 9.59 Å². The minimum atomic E-state index is -3.81. The zero-order valence-corrected chi connectivity index (χ0v) is 19.4. The SMILES string of the molecule is COc1ccc(CN(C)C(=O)COC(=O)CCCN(C)S(=O)(=O)c2ccc(F)cc2)cc1F. The molecule has 2 rings (SSSR count). The molecule has 0 spiro atoms. The summed E-state index contributed by atoms with van der Waals surface area (Å²) in [6.45, 7) is -0.341. The second-order valence-corrected chi connectivity index (χ2v) is 9.31. The van der Waals surface area contributed by atoms with Crippen LogP contribution in [0.25, 0.3) is 0 Å². The first-order valence-electron chi connectivity index (χ1n) is 9.98. The molecule has 8 nitrogen and oxygen atoms in total. The molecule has 0 fully saturated rings. The number of esters is 1. The molecule has 0 aromatic heterocycles. The van der Waals surface area contributed by atoms with E-state index in [1.807, 2.05) is 0 Å². The Balaban J connectivity index is 1.75. The largest absolute Gasteiger partial charge is 0.494 e. The minimum absolute atomic E-state index is 0.0334. The summed E-state index contributed by atoms with van der Waals surface area (Å²) >= 11 is 0. The van der Waals surface area contributed by atoms with Gasteiger partial charge in [-0.25, -0.2) is 21.5 Å². The van der Waals surface area contributed by atoms with Crippen LogP contribution in [0.2, 0.25) is 0 Å². The van der Waals surface area contributed by atoms with Gasteiger partial charge in [0.1, 0.15) is 5.82 Å². The van der Waals surface area contributed by atoms with Crippen LogP contribution in [0.5, 0.6) is 5.75 Å². The highest BCUT2D eigenvalue weighted by atomic mass is 32.2. The first-order chi connectivity index (χ1) is 15.5. The minimum Gasteiger partial charge on any atom is -0.494 e. The Morgan fingerprint density at radius 2 is 1.70 bits per heavy atom. The molecule has 11 heteroatoms. The standard InChI is InChI=1S/C22H26F2N2O6S/c1-25(14-16-6-11-20(31-3)19(24)13-16)21(27)15-32-22(28)5-4-12-26(2)33(29,30)18-9-7-17(23)8-10-18/h6-11,13H,4-5,12,14-15H2,1-3H3. The van der Waals surface area contributed by atoms with Gasteiger partial charge < -0.3 is 14.4 Å². The van der Waals surface area contributed by atoms with Crippen molar-refractivity contribution in [3.05, 3.63) is 59.7 Å². The van der Waals surface area contributed by atoms with Crippen LogP contribution in [0, 0.1) is 11.6 Å². The van der Waals surface area contributed by atoms with Crippen molar-refractivity contribution in [2.45, 2.75) is 24.3 Å². The van der Waals surface area contributed by atoms with E-state index in [0.717, 1.165) is 28.6 Å². The van der Waals surface area contributed by atoms with Crippen LogP contribution in [-0.2, 0) is 30.9 Å². The van der Waals surface area contributed by atoms with E-state index in [9.17, 15) is 26.8 Å². The van der Waals surface area contributed by atoms with Crippen LogP contribution >= 0.6 is 0 Å². The smallest absolute Gasteiger partial charge is 0.306 e. The number of likely N-dealkylation sites (N-methyl/N-ethyl adjacent to an activating group) is 1. The maximum atomic E-state index is 13.8. The predicted octanol–water partition coefficient (Wildman–Crippen LogP) is 2.58. The summed E-state index contributed by atoms with van der Waals surface area (Å²) in [4.78, 5) is 25.3. The van der Waals surface area contributed by atoms with Crippen molar-refractivity contribution in [3.63, 3.8) is 0 Å². The Kier molecular flexibility index (Phi) is 9.30. The first-order valence-corrected chi connectivity index (χ1v) is 11.4. The summed E-state index contributed by atoms with van der Waals surface area (Å²) in [5, 5.41) is 0. The van der Waals surface area contributed by atoms with Crippen LogP contribution in [0.4, 0.5) is 8.78 Å². The van der Waals surface area contributed by atoms with Crippen molar-refractivity contribution in [1.29, 1.82) is 0 Å². The number of nitrogens with zero attached hydrogens (tertiary/aromatic N) is 2. The summed E-state index contributed by atoms with van der Waals surface area (Å²) < 4.78 is 62.5. The molecule has 0 unspecified atom stereocenters. The number of rotatable bonds is 11. The van der Waals surface area contributed by atoms with Crippen LogP contribution in [0.1, 0.15) is 18.4 Å². The molecule has 180 valence electrons. The number of carbonyl (C=O) groups is 2. The molecule has 0 N–H and O–H groups in total. The summed E-state index contributed by atoms with van der Waals surface area (Å²) in [5.74, 6) is -2.13. The summed E-state index contributed by atoms with van der Waals surface area (Å²) in [6, 6.07) is 8.76. The lowest BCUT2D eigenvalue weighted by atomic mass is 10.2. The highest BCUT2D eigenvalue weighted by Gasteiger charge is 2.21. The lowest BCUT2D eigenvalue weighted by Gasteiger charge is -2.18. The molecule has 0 aliphatic heterocycles. The number of hydrogen-bond donors (Lipinski definition) is 0. The second-order valence-electron chi connectivity index (χ2n) is 7.26. The number of hydrogen-bond acceptors (Lipinski definition) is 6. The van der Waals surface area contributed by atoms with Crippen molar-refractivity contribution in [2.75, 3.05) is 34.4 Å². The molecule has 0 radical (unpaired) electrons. The van der Waals surface area contributed by atoms with Gasteiger partial charge in [-0.05, 0) is 48.4 Å². The molecule has 2 aromatic rings. The van der Waals surface area contributed by atoms with Gasteiger partial charge >= 0.3 is 5.97 Å². The zero-order chi connectivity index (χ0) is 24.6. The summed E-state index contributed by atoms with van der Waals surface area (Å²) in [7, 11) is 0.388. The van der Waals surface area contributed by atoms with Gasteiger partial charge in [-0.2, -0.15) is 0 Å². The van der Waals surface area contributed by atoms with Gasteiger partial charge in [0.05, 0.1) is 12.0 Å². The Morgan fingerprint density at radius 1 is 1.03 bits per heavy atom. The lowest BCUT2D eigenvalue weighted by molar-refractivity contribution is -0.151. The molecular formula is C22H26F2N2O6S. The van der Waals surface area contributed by atoms with E-state index in [2.05, 4.69) is 0 Å². The van der Waals surface area contributed by atoms with Gasteiger partial charge in [0.25, 0.3) is 5.91 Å². The number of methoxy groups -OCH3 is 1. The van der Waals surface area contributed by atoms with Crippen LogP contribution in [0.15, 0.2) is 47.4 Å². The Bertz CT molecular complexity index is 1080. The molecule has 0 aliphatic rings. The zero-order valence-electron chi connectivity index (χ0n) is 18.6. The number of ether oxygens (including phenoxy) is 2. The molecule has 0 atom stereocenters. The highest BCUT2D eigenvalue weighted by molar-refractivity contribution is 7.89. The number of halogens is 2. The van der Waals surface area contributed by atoms with E-state index >= 15 is 0 Å². The van der Waals surface area contributed by atoms with Gasteiger partial charge in [-0.15, -0.1) is 0 Å². The van der Waals surface area contributed by atoms with Gasteiger partial charge in [-0.1, -0.05) is 6.07 Å². The number of amides is 1. The van der Waals surface area contributed by atoms with Crippen molar-refractivity contribution in [3.8, 4) is 5.75 Å². The average molecular weight is 485 g/mol. The number of benzene rings is 2. The molecule has 0 bridgehead atoms. The molecule has 33 heavy (non-hydrogen) atoms. The van der Waals surface area contributed by atoms with Crippen LogP contribution in [0.3, 0.4) is 0 Å². The van der Waals surface area contributed by atoms with E-state index in [0.29, 0.717) is 5.56 Å². The Hall–Kier alpha value is -3.05. The fraction of sp³-hybridized carbons (Fsp3) is 0.364. The first kappa shape index (κ1) is 26.2. The average Bonchev–Trinajstić information content (AvgIpc) is 2.77. The summed E-state index contributed by atoms with van der Waals surface area (Å²) in [5.41, 5.74) is 0.542. The molecule has 2 aromatic carbocycles.